The van der Waals surface area contributed by atoms with Crippen molar-refractivity contribution in [1.82, 2.24) is 4.98 Å². The predicted molar refractivity (Wildman–Crippen MR) is 81.3 cm³/mol. The molecule has 0 amide bonds. The Labute approximate surface area is 119 Å². The molecule has 0 saturated carbocycles. The van der Waals surface area contributed by atoms with E-state index in [2.05, 4.69) is 11.9 Å². The quantitative estimate of drug-likeness (QED) is 0.669. The number of nitrogen functional groups attached to an aromatic ring is 1. The molecular formula is C16H20N2O2. The molecule has 0 saturated heterocycles. The molecule has 20 heavy (non-hydrogen) atoms. The first-order valence-electron chi connectivity index (χ1n) is 6.93. The number of hydrogen-bond acceptors (Lipinski definition) is 4. The number of carbonyl (C=O) groups excluding carboxylic acids is 1. The second-order valence-electron chi connectivity index (χ2n) is 4.79. The van der Waals surface area contributed by atoms with E-state index in [9.17, 15) is 4.79 Å². The van der Waals surface area contributed by atoms with Crippen LogP contribution in [-0.4, -0.2) is 17.4 Å². The molecule has 0 unspecified atom stereocenters. The summed E-state index contributed by atoms with van der Waals surface area (Å²) in [5.74, 6) is 0.573. The highest BCUT2D eigenvalue weighted by Gasteiger charge is 2.18. The number of aromatic nitrogens is 1. The average molecular weight is 272 g/mol. The number of nitrogens with zero attached hydrogens (tertiary/aromatic N) is 1. The van der Waals surface area contributed by atoms with E-state index in [1.807, 2.05) is 13.0 Å². The summed E-state index contributed by atoms with van der Waals surface area (Å²) in [4.78, 5) is 16.2. The van der Waals surface area contributed by atoms with Crippen LogP contribution in [0.5, 0.6) is 5.75 Å². The van der Waals surface area contributed by atoms with Crippen molar-refractivity contribution < 1.29 is 9.53 Å². The molecule has 2 N–H and O–H groups in total. The van der Waals surface area contributed by atoms with Gasteiger partial charge in [0.1, 0.15) is 5.75 Å². The minimum absolute atomic E-state index is 0.0457. The first kappa shape index (κ1) is 14.3. The normalized spacial score (nSPS) is 10.8. The zero-order valence-corrected chi connectivity index (χ0v) is 12.2. The molecule has 1 aromatic carbocycles. The van der Waals surface area contributed by atoms with Gasteiger partial charge in [0.2, 0.25) is 0 Å². The number of ketones is 1. The fourth-order valence-electron chi connectivity index (χ4n) is 2.31. The molecule has 0 bridgehead atoms. The number of nitrogens with two attached hydrogens (primary N) is 1. The van der Waals surface area contributed by atoms with E-state index in [0.717, 1.165) is 23.8 Å². The van der Waals surface area contributed by atoms with Gasteiger partial charge in [0, 0.05) is 11.6 Å². The molecule has 0 atom stereocenters. The van der Waals surface area contributed by atoms with Gasteiger partial charge in [-0.1, -0.05) is 13.8 Å². The van der Waals surface area contributed by atoms with Gasteiger partial charge in [0.15, 0.2) is 5.78 Å². The maximum absolute atomic E-state index is 11.9. The van der Waals surface area contributed by atoms with Gasteiger partial charge in [0.05, 0.1) is 23.4 Å². The summed E-state index contributed by atoms with van der Waals surface area (Å²) >= 11 is 0. The van der Waals surface area contributed by atoms with Gasteiger partial charge in [-0.05, 0) is 37.5 Å². The lowest BCUT2D eigenvalue weighted by Gasteiger charge is -2.16. The van der Waals surface area contributed by atoms with Gasteiger partial charge in [0.25, 0.3) is 0 Å². The molecule has 4 nitrogen and oxygen atoms in total. The predicted octanol–water partition coefficient (Wildman–Crippen LogP) is 3.37. The minimum atomic E-state index is -0.0457. The van der Waals surface area contributed by atoms with Crippen LogP contribution in [-0.2, 0) is 6.42 Å². The van der Waals surface area contributed by atoms with Crippen molar-refractivity contribution in [3.8, 4) is 5.75 Å². The molecular weight excluding hydrogens is 252 g/mol. The monoisotopic (exact) mass is 272 g/mol. The molecule has 1 heterocycles. The lowest BCUT2D eigenvalue weighted by atomic mass is 9.99. The van der Waals surface area contributed by atoms with Crippen molar-refractivity contribution in [2.45, 2.75) is 33.6 Å². The molecule has 0 radical (unpaired) electrons. The Balaban J connectivity index is 2.82. The topological polar surface area (TPSA) is 65.2 Å². The molecule has 2 rings (SSSR count). The minimum Gasteiger partial charge on any atom is -0.492 e. The second-order valence-corrected chi connectivity index (χ2v) is 4.79. The van der Waals surface area contributed by atoms with Crippen LogP contribution < -0.4 is 10.5 Å². The smallest absolute Gasteiger partial charge is 0.163 e. The number of hydrogen-bond donors (Lipinski definition) is 1. The van der Waals surface area contributed by atoms with Crippen LogP contribution in [0.15, 0.2) is 18.3 Å². The number of rotatable bonds is 5. The Morgan fingerprint density at radius 2 is 2.15 bits per heavy atom. The van der Waals surface area contributed by atoms with Gasteiger partial charge in [-0.15, -0.1) is 0 Å². The van der Waals surface area contributed by atoms with E-state index >= 15 is 0 Å². The highest BCUT2D eigenvalue weighted by atomic mass is 16.5. The van der Waals surface area contributed by atoms with Crippen molar-refractivity contribution >= 4 is 22.4 Å². The fourth-order valence-corrected chi connectivity index (χ4v) is 2.31. The molecule has 4 heteroatoms. The number of carbonyl (C=O) groups is 1. The van der Waals surface area contributed by atoms with Crippen molar-refractivity contribution in [1.29, 1.82) is 0 Å². The average Bonchev–Trinajstić information content (AvgIpc) is 2.45. The summed E-state index contributed by atoms with van der Waals surface area (Å²) in [5, 5.41) is 0.869. The van der Waals surface area contributed by atoms with Crippen LogP contribution in [0.1, 0.15) is 43.1 Å². The summed E-state index contributed by atoms with van der Waals surface area (Å²) in [6, 6.07) is 3.62. The molecule has 0 aliphatic carbocycles. The maximum Gasteiger partial charge on any atom is 0.163 e. The van der Waals surface area contributed by atoms with Gasteiger partial charge in [-0.3, -0.25) is 9.78 Å². The number of benzene rings is 1. The molecule has 106 valence electrons. The summed E-state index contributed by atoms with van der Waals surface area (Å²) in [5.41, 5.74) is 8.90. The number of anilines is 1. The lowest BCUT2D eigenvalue weighted by molar-refractivity contribution is 0.101. The SMILES string of the molecule is CCCOc1c(C(C)=O)cc(N)c2nccc(CC)c12. The Kier molecular flexibility index (Phi) is 4.23. The molecule has 1 aromatic heterocycles. The zero-order valence-electron chi connectivity index (χ0n) is 12.2. The highest BCUT2D eigenvalue weighted by Crippen LogP contribution is 2.36. The Morgan fingerprint density at radius 3 is 2.75 bits per heavy atom. The second kappa shape index (κ2) is 5.90. The highest BCUT2D eigenvalue weighted by molar-refractivity contribution is 6.07. The largest absolute Gasteiger partial charge is 0.492 e. The van der Waals surface area contributed by atoms with Crippen molar-refractivity contribution in [3.63, 3.8) is 0 Å². The maximum atomic E-state index is 11.9. The van der Waals surface area contributed by atoms with E-state index in [4.69, 9.17) is 10.5 Å². The van der Waals surface area contributed by atoms with Gasteiger partial charge >= 0.3 is 0 Å². The van der Waals surface area contributed by atoms with Crippen LogP contribution in [0.25, 0.3) is 10.9 Å². The number of Topliss-reactive ketones (excluding diaryl/α,β-unsaturated/α-hetero) is 1. The Bertz CT molecular complexity index is 650. The molecule has 0 spiro atoms. The third-order valence-corrected chi connectivity index (χ3v) is 3.29. The number of pyridine rings is 1. The third-order valence-electron chi connectivity index (χ3n) is 3.29. The Morgan fingerprint density at radius 1 is 1.40 bits per heavy atom. The fraction of sp³-hybridized carbons (Fsp3) is 0.375. The van der Waals surface area contributed by atoms with E-state index < -0.39 is 0 Å². The van der Waals surface area contributed by atoms with Crippen LogP contribution in [0.3, 0.4) is 0 Å². The van der Waals surface area contributed by atoms with Gasteiger partial charge in [-0.25, -0.2) is 0 Å². The van der Waals surface area contributed by atoms with E-state index in [-0.39, 0.29) is 5.78 Å². The third kappa shape index (κ3) is 2.46. The van der Waals surface area contributed by atoms with Crippen LogP contribution in [0, 0.1) is 0 Å². The first-order valence-corrected chi connectivity index (χ1v) is 6.93. The summed E-state index contributed by atoms with van der Waals surface area (Å²) in [6.07, 6.45) is 3.46. The molecule has 0 aliphatic rings. The van der Waals surface area contributed by atoms with Crippen molar-refractivity contribution in [2.24, 2.45) is 0 Å². The molecule has 0 aliphatic heterocycles. The van der Waals surface area contributed by atoms with Gasteiger partial charge in [-0.2, -0.15) is 0 Å². The lowest BCUT2D eigenvalue weighted by Crippen LogP contribution is -2.06. The van der Waals surface area contributed by atoms with E-state index in [1.165, 1.54) is 6.92 Å². The van der Waals surface area contributed by atoms with Crippen LogP contribution in [0.2, 0.25) is 0 Å². The van der Waals surface area contributed by atoms with E-state index in [1.54, 1.807) is 12.3 Å². The van der Waals surface area contributed by atoms with Crippen molar-refractivity contribution in [2.75, 3.05) is 12.3 Å². The molecule has 0 fully saturated rings. The van der Waals surface area contributed by atoms with Crippen molar-refractivity contribution in [3.05, 3.63) is 29.5 Å². The van der Waals surface area contributed by atoms with Gasteiger partial charge < -0.3 is 10.5 Å². The van der Waals surface area contributed by atoms with Crippen LogP contribution in [0.4, 0.5) is 5.69 Å². The summed E-state index contributed by atoms with van der Waals surface area (Å²) in [6.45, 7) is 6.19. The first-order chi connectivity index (χ1) is 9.60. The Hall–Kier alpha value is -2.10. The molecule has 2 aromatic rings. The standard InChI is InChI=1S/C16H20N2O2/c1-4-8-20-16-12(10(3)19)9-13(17)15-14(16)11(5-2)6-7-18-15/h6-7,9H,4-5,8,17H2,1-3H3. The summed E-state index contributed by atoms with van der Waals surface area (Å²) < 4.78 is 5.84. The number of ether oxygens (including phenoxy) is 1. The summed E-state index contributed by atoms with van der Waals surface area (Å²) in [7, 11) is 0. The number of fused-ring (bicyclic) bond motifs is 1. The number of aryl methyl sites for hydroxylation is 1. The van der Waals surface area contributed by atoms with E-state index in [0.29, 0.717) is 29.1 Å². The van der Waals surface area contributed by atoms with Crippen LogP contribution >= 0.6 is 0 Å². The zero-order chi connectivity index (χ0) is 14.7.